The lowest BCUT2D eigenvalue weighted by Crippen LogP contribution is -2.75. The number of alkyl halides is 3. The van der Waals surface area contributed by atoms with Crippen LogP contribution in [0.15, 0.2) is 48.5 Å². The SMILES string of the molecule is CCOC(=O)[C@](NC(=O)c1ccccc1)(N1CCN(Cc2ccc3c(c2)OCO3)CC1)C(F)(F)F. The lowest BCUT2D eigenvalue weighted by molar-refractivity contribution is -0.250. The second-order valence-corrected chi connectivity index (χ2v) is 8.20. The van der Waals surface area contributed by atoms with Crippen molar-refractivity contribution in [2.24, 2.45) is 0 Å². The van der Waals surface area contributed by atoms with E-state index in [2.05, 4.69) is 0 Å². The van der Waals surface area contributed by atoms with Gasteiger partial charge >= 0.3 is 12.1 Å². The standard InChI is InChI=1S/C24H26F3N3O5/c1-2-33-22(32)23(24(25,26)27,28-21(31)18-6-4-3-5-7-18)30-12-10-29(11-13-30)15-17-8-9-19-20(14-17)35-16-34-19/h3-9,14H,2,10-13,15-16H2,1H3,(H,28,31)/t23-/m0/s1. The van der Waals surface area contributed by atoms with Crippen LogP contribution in [-0.4, -0.2) is 73.1 Å². The molecule has 11 heteroatoms. The monoisotopic (exact) mass is 493 g/mol. The van der Waals surface area contributed by atoms with E-state index in [0.29, 0.717) is 18.0 Å². The quantitative estimate of drug-likeness (QED) is 0.595. The number of rotatable bonds is 7. The molecule has 1 atom stereocenters. The zero-order chi connectivity index (χ0) is 25.1. The smallest absolute Gasteiger partial charge is 0.436 e. The Morgan fingerprint density at radius 2 is 1.69 bits per heavy atom. The highest BCUT2D eigenvalue weighted by molar-refractivity contribution is 5.98. The van der Waals surface area contributed by atoms with Crippen LogP contribution in [0.4, 0.5) is 13.2 Å². The lowest BCUT2D eigenvalue weighted by atomic mass is 10.0. The first-order chi connectivity index (χ1) is 16.7. The first-order valence-corrected chi connectivity index (χ1v) is 11.2. The predicted molar refractivity (Wildman–Crippen MR) is 119 cm³/mol. The third-order valence-electron chi connectivity index (χ3n) is 6.00. The molecule has 0 bridgehead atoms. The molecule has 2 heterocycles. The molecule has 188 valence electrons. The summed E-state index contributed by atoms with van der Waals surface area (Å²) in [7, 11) is 0. The maximum absolute atomic E-state index is 14.6. The molecule has 0 spiro atoms. The molecule has 0 aliphatic carbocycles. The zero-order valence-corrected chi connectivity index (χ0v) is 19.1. The third kappa shape index (κ3) is 5.06. The van der Waals surface area contributed by atoms with E-state index in [1.165, 1.54) is 31.2 Å². The Hall–Kier alpha value is -3.31. The van der Waals surface area contributed by atoms with Crippen LogP contribution in [0.1, 0.15) is 22.8 Å². The van der Waals surface area contributed by atoms with Crippen molar-refractivity contribution in [1.29, 1.82) is 0 Å². The largest absolute Gasteiger partial charge is 0.463 e. The van der Waals surface area contributed by atoms with Gasteiger partial charge < -0.3 is 19.5 Å². The third-order valence-corrected chi connectivity index (χ3v) is 6.00. The molecule has 0 unspecified atom stereocenters. The first kappa shape index (κ1) is 24.8. The van der Waals surface area contributed by atoms with Gasteiger partial charge in [0.25, 0.3) is 11.6 Å². The molecule has 0 radical (unpaired) electrons. The molecular weight excluding hydrogens is 467 g/mol. The number of halogens is 3. The van der Waals surface area contributed by atoms with Gasteiger partial charge in [0.05, 0.1) is 6.61 Å². The Morgan fingerprint density at radius 3 is 2.34 bits per heavy atom. The van der Waals surface area contributed by atoms with Gasteiger partial charge in [0.2, 0.25) is 6.79 Å². The minimum absolute atomic E-state index is 0.00636. The molecule has 2 aromatic carbocycles. The molecular formula is C24H26F3N3O5. The van der Waals surface area contributed by atoms with E-state index in [1.54, 1.807) is 12.1 Å². The Bertz CT molecular complexity index is 1060. The molecule has 1 amide bonds. The number of ether oxygens (including phenoxy) is 3. The van der Waals surface area contributed by atoms with Crippen LogP contribution >= 0.6 is 0 Å². The topological polar surface area (TPSA) is 80.3 Å². The Morgan fingerprint density at radius 1 is 1.00 bits per heavy atom. The molecule has 2 aliphatic heterocycles. The molecule has 2 aliphatic rings. The summed E-state index contributed by atoms with van der Waals surface area (Å²) in [6, 6.07) is 13.0. The number of amides is 1. The first-order valence-electron chi connectivity index (χ1n) is 11.2. The minimum atomic E-state index is -5.12. The Balaban J connectivity index is 1.53. The highest BCUT2D eigenvalue weighted by Gasteiger charge is 2.66. The fourth-order valence-electron chi connectivity index (χ4n) is 4.23. The van der Waals surface area contributed by atoms with Crippen LogP contribution in [0.25, 0.3) is 0 Å². The van der Waals surface area contributed by atoms with Crippen LogP contribution in [0.3, 0.4) is 0 Å². The lowest BCUT2D eigenvalue weighted by Gasteiger charge is -2.46. The highest BCUT2D eigenvalue weighted by atomic mass is 19.4. The number of carbonyl (C=O) groups excluding carboxylic acids is 2. The van der Waals surface area contributed by atoms with Crippen LogP contribution in [-0.2, 0) is 16.1 Å². The van der Waals surface area contributed by atoms with Crippen molar-refractivity contribution in [3.63, 3.8) is 0 Å². The van der Waals surface area contributed by atoms with Crippen molar-refractivity contribution < 1.29 is 37.0 Å². The maximum atomic E-state index is 14.6. The van der Waals surface area contributed by atoms with E-state index in [1.807, 2.05) is 22.3 Å². The summed E-state index contributed by atoms with van der Waals surface area (Å²) in [5, 5.41) is 1.97. The summed E-state index contributed by atoms with van der Waals surface area (Å²) in [6.45, 7) is 2.05. The minimum Gasteiger partial charge on any atom is -0.463 e. The van der Waals surface area contributed by atoms with Crippen molar-refractivity contribution in [2.45, 2.75) is 25.3 Å². The number of hydrogen-bond acceptors (Lipinski definition) is 7. The van der Waals surface area contributed by atoms with Crippen molar-refractivity contribution in [1.82, 2.24) is 15.1 Å². The van der Waals surface area contributed by atoms with Gasteiger partial charge in [-0.1, -0.05) is 24.3 Å². The molecule has 1 saturated heterocycles. The molecule has 4 rings (SSSR count). The van der Waals surface area contributed by atoms with Crippen molar-refractivity contribution in [3.05, 3.63) is 59.7 Å². The van der Waals surface area contributed by atoms with Crippen LogP contribution < -0.4 is 14.8 Å². The summed E-state index contributed by atoms with van der Waals surface area (Å²) in [6.07, 6.45) is -5.12. The summed E-state index contributed by atoms with van der Waals surface area (Å²) in [5.74, 6) is -1.29. The molecule has 0 aromatic heterocycles. The van der Waals surface area contributed by atoms with Crippen molar-refractivity contribution in [3.8, 4) is 11.5 Å². The maximum Gasteiger partial charge on any atom is 0.436 e. The second kappa shape index (κ2) is 10.1. The number of piperazine rings is 1. The van der Waals surface area contributed by atoms with Gasteiger partial charge in [-0.3, -0.25) is 14.6 Å². The molecule has 8 nitrogen and oxygen atoms in total. The van der Waals surface area contributed by atoms with E-state index in [4.69, 9.17) is 14.2 Å². The zero-order valence-electron chi connectivity index (χ0n) is 19.1. The van der Waals surface area contributed by atoms with Crippen LogP contribution in [0, 0.1) is 0 Å². The van der Waals surface area contributed by atoms with Gasteiger partial charge in [-0.15, -0.1) is 0 Å². The number of fused-ring (bicyclic) bond motifs is 1. The molecule has 2 aromatic rings. The molecule has 0 saturated carbocycles. The van der Waals surface area contributed by atoms with Crippen molar-refractivity contribution >= 4 is 11.9 Å². The Labute approximate surface area is 200 Å². The summed E-state index contributed by atoms with van der Waals surface area (Å²) >= 11 is 0. The van der Waals surface area contributed by atoms with E-state index in [0.717, 1.165) is 10.5 Å². The summed E-state index contributed by atoms with van der Waals surface area (Å²) in [5.41, 5.74) is -2.37. The number of esters is 1. The normalized spacial score (nSPS) is 18.1. The van der Waals surface area contributed by atoms with E-state index < -0.39 is 23.7 Å². The highest BCUT2D eigenvalue weighted by Crippen LogP contribution is 2.37. The van der Waals surface area contributed by atoms with E-state index in [9.17, 15) is 22.8 Å². The van der Waals surface area contributed by atoms with Gasteiger partial charge in [0, 0.05) is 38.3 Å². The van der Waals surface area contributed by atoms with Gasteiger partial charge in [0.15, 0.2) is 11.5 Å². The molecule has 1 fully saturated rings. The number of nitrogens with one attached hydrogen (secondary N) is 1. The molecule has 35 heavy (non-hydrogen) atoms. The number of hydrogen-bond donors (Lipinski definition) is 1. The van der Waals surface area contributed by atoms with Gasteiger partial charge in [-0.25, -0.2) is 4.79 Å². The molecule has 1 N–H and O–H groups in total. The summed E-state index contributed by atoms with van der Waals surface area (Å²) < 4.78 is 59.3. The van der Waals surface area contributed by atoms with Gasteiger partial charge in [-0.2, -0.15) is 13.2 Å². The van der Waals surface area contributed by atoms with Crippen molar-refractivity contribution in [2.75, 3.05) is 39.6 Å². The average Bonchev–Trinajstić information content (AvgIpc) is 3.31. The summed E-state index contributed by atoms with van der Waals surface area (Å²) in [4.78, 5) is 28.5. The Kier molecular flexibility index (Phi) is 7.18. The van der Waals surface area contributed by atoms with Gasteiger partial charge in [0.1, 0.15) is 0 Å². The van der Waals surface area contributed by atoms with E-state index >= 15 is 0 Å². The fraction of sp³-hybridized carbons (Fsp3) is 0.417. The number of nitrogens with zero attached hydrogens (tertiary/aromatic N) is 2. The average molecular weight is 493 g/mol. The van der Waals surface area contributed by atoms with Crippen LogP contribution in [0.5, 0.6) is 11.5 Å². The number of carbonyl (C=O) groups is 2. The van der Waals surface area contributed by atoms with Crippen LogP contribution in [0.2, 0.25) is 0 Å². The van der Waals surface area contributed by atoms with E-state index in [-0.39, 0.29) is 45.1 Å². The fourth-order valence-corrected chi connectivity index (χ4v) is 4.23. The number of benzene rings is 2. The second-order valence-electron chi connectivity index (χ2n) is 8.20. The van der Waals surface area contributed by atoms with Gasteiger partial charge in [-0.05, 0) is 36.8 Å². The predicted octanol–water partition coefficient (Wildman–Crippen LogP) is 2.78.